The topological polar surface area (TPSA) is 0 Å². The van der Waals surface area contributed by atoms with Gasteiger partial charge < -0.3 is 6.08 Å². The Labute approximate surface area is 116 Å². The number of allylic oxidation sites excluding steroid dienone is 2. The molecule has 0 spiro atoms. The molecular formula is C16H19Fe. The summed E-state index contributed by atoms with van der Waals surface area (Å²) < 4.78 is 0. The van der Waals surface area contributed by atoms with Crippen LogP contribution in [0.3, 0.4) is 0 Å². The monoisotopic (exact) mass is 267 g/mol. The second-order valence-corrected chi connectivity index (χ2v) is 3.58. The predicted molar refractivity (Wildman–Crippen MR) is 70.4 cm³/mol. The first-order chi connectivity index (χ1) is 8.00. The Morgan fingerprint density at radius 1 is 0.765 bits per heavy atom. The van der Waals surface area contributed by atoms with Crippen molar-refractivity contribution in [3.05, 3.63) is 72.8 Å². The van der Waals surface area contributed by atoms with Crippen molar-refractivity contribution in [3.8, 4) is 0 Å². The third-order valence-electron chi connectivity index (χ3n) is 2.18. The van der Waals surface area contributed by atoms with Crippen molar-refractivity contribution in [3.63, 3.8) is 0 Å². The normalized spacial score (nSPS) is 12.2. The molecule has 1 radical (unpaired) electrons. The zero-order valence-electron chi connectivity index (χ0n) is 10.0. The van der Waals surface area contributed by atoms with Gasteiger partial charge in [-0.2, -0.15) is 42.8 Å². The molecule has 17 heavy (non-hydrogen) atoms. The van der Waals surface area contributed by atoms with Crippen LogP contribution in [-0.2, 0) is 17.1 Å². The molecule has 0 nitrogen and oxygen atoms in total. The van der Waals surface area contributed by atoms with Gasteiger partial charge in [0.2, 0.25) is 0 Å². The molecule has 3 rings (SSSR count). The van der Waals surface area contributed by atoms with Gasteiger partial charge in [-0.25, -0.2) is 24.3 Å². The Bertz CT molecular complexity index is 248. The van der Waals surface area contributed by atoms with E-state index < -0.39 is 0 Å². The van der Waals surface area contributed by atoms with Crippen molar-refractivity contribution in [2.45, 2.75) is 25.7 Å². The standard InChI is InChI=1S/C6H9.2C5H5.Fe/c1-2-4-6-5-3-1;2*1-2-4-5-3-1;/h1H,2,4-6H2;2*1-5H;/q3*-1;+3. The quantitative estimate of drug-likeness (QED) is 0.478. The maximum atomic E-state index is 3.16. The summed E-state index contributed by atoms with van der Waals surface area (Å²) in [5.74, 6) is 0. The summed E-state index contributed by atoms with van der Waals surface area (Å²) in [6, 6.07) is 20.0. The summed E-state index contributed by atoms with van der Waals surface area (Å²) >= 11 is 0. The average Bonchev–Trinajstić information content (AvgIpc) is 3.10. The largest absolute Gasteiger partial charge is 3.00 e. The van der Waals surface area contributed by atoms with E-state index in [1.165, 1.54) is 25.7 Å². The van der Waals surface area contributed by atoms with Gasteiger partial charge in [0.25, 0.3) is 0 Å². The fraction of sp³-hybridized carbons (Fsp3) is 0.250. The maximum absolute atomic E-state index is 3.16. The third-order valence-corrected chi connectivity index (χ3v) is 2.18. The van der Waals surface area contributed by atoms with E-state index in [-0.39, 0.29) is 17.1 Å². The van der Waals surface area contributed by atoms with E-state index in [1.807, 2.05) is 60.7 Å². The summed E-state index contributed by atoms with van der Waals surface area (Å²) in [5.41, 5.74) is 0. The minimum atomic E-state index is 0. The molecule has 0 saturated heterocycles. The van der Waals surface area contributed by atoms with Gasteiger partial charge in [-0.1, -0.05) is 19.3 Å². The molecule has 0 saturated carbocycles. The predicted octanol–water partition coefficient (Wildman–Crippen LogP) is 4.73. The number of hydrogen-bond donors (Lipinski definition) is 0. The first-order valence-electron chi connectivity index (χ1n) is 5.88. The molecule has 91 valence electrons. The van der Waals surface area contributed by atoms with Gasteiger partial charge in [0, 0.05) is 0 Å². The Morgan fingerprint density at radius 3 is 1.41 bits per heavy atom. The zero-order chi connectivity index (χ0) is 11.3. The van der Waals surface area contributed by atoms with Crippen LogP contribution in [0.2, 0.25) is 0 Å². The summed E-state index contributed by atoms with van der Waals surface area (Å²) in [6.07, 6.45) is 10.5. The van der Waals surface area contributed by atoms with Crippen LogP contribution in [0.5, 0.6) is 0 Å². The van der Waals surface area contributed by atoms with Crippen molar-refractivity contribution in [1.29, 1.82) is 0 Å². The van der Waals surface area contributed by atoms with Gasteiger partial charge in [0.15, 0.2) is 0 Å². The number of rotatable bonds is 0. The van der Waals surface area contributed by atoms with Gasteiger partial charge in [-0.3, -0.25) is 6.08 Å². The van der Waals surface area contributed by atoms with Crippen LogP contribution in [0, 0.1) is 6.08 Å². The van der Waals surface area contributed by atoms with Gasteiger partial charge in [-0.05, 0) is 0 Å². The molecule has 0 amide bonds. The smallest absolute Gasteiger partial charge is 0.501 e. The molecule has 0 bridgehead atoms. The van der Waals surface area contributed by atoms with E-state index >= 15 is 0 Å². The van der Waals surface area contributed by atoms with Crippen LogP contribution < -0.4 is 0 Å². The second kappa shape index (κ2) is 13.0. The van der Waals surface area contributed by atoms with Crippen LogP contribution in [0.25, 0.3) is 0 Å². The minimum Gasteiger partial charge on any atom is -0.501 e. The molecule has 0 unspecified atom stereocenters. The molecule has 1 heteroatoms. The molecule has 1 aliphatic carbocycles. The van der Waals surface area contributed by atoms with E-state index in [4.69, 9.17) is 0 Å². The fourth-order valence-corrected chi connectivity index (χ4v) is 1.32. The van der Waals surface area contributed by atoms with Crippen LogP contribution in [0.15, 0.2) is 66.7 Å². The molecule has 0 heterocycles. The molecule has 0 atom stereocenters. The molecule has 0 fully saturated rings. The zero-order valence-corrected chi connectivity index (χ0v) is 11.1. The van der Waals surface area contributed by atoms with E-state index in [0.29, 0.717) is 0 Å². The van der Waals surface area contributed by atoms with Crippen molar-refractivity contribution in [2.24, 2.45) is 0 Å². The van der Waals surface area contributed by atoms with Crippen LogP contribution >= 0.6 is 0 Å². The number of hydrogen-bond acceptors (Lipinski definition) is 0. The molecule has 0 aromatic heterocycles. The molecule has 0 aliphatic heterocycles. The molecule has 2 aromatic rings. The Hall–Kier alpha value is -1.04. The van der Waals surface area contributed by atoms with Crippen LogP contribution in [0.1, 0.15) is 25.7 Å². The SMILES string of the molecule is [C-]1=CCCCC1.[Fe+3].c1cc[cH-]c1.c1cc[cH-]c1. The summed E-state index contributed by atoms with van der Waals surface area (Å²) in [7, 11) is 0. The van der Waals surface area contributed by atoms with Gasteiger partial charge in [0.05, 0.1) is 0 Å². The minimum absolute atomic E-state index is 0. The van der Waals surface area contributed by atoms with Crippen molar-refractivity contribution in [1.82, 2.24) is 0 Å². The van der Waals surface area contributed by atoms with E-state index in [2.05, 4.69) is 12.2 Å². The van der Waals surface area contributed by atoms with Crippen molar-refractivity contribution < 1.29 is 17.1 Å². The van der Waals surface area contributed by atoms with Crippen LogP contribution in [-0.4, -0.2) is 0 Å². The average molecular weight is 267 g/mol. The fourth-order valence-electron chi connectivity index (χ4n) is 1.32. The van der Waals surface area contributed by atoms with Gasteiger partial charge in [0.1, 0.15) is 0 Å². The maximum Gasteiger partial charge on any atom is 3.00 e. The first-order valence-corrected chi connectivity index (χ1v) is 5.88. The molecule has 0 N–H and O–H groups in total. The summed E-state index contributed by atoms with van der Waals surface area (Å²) in [6.45, 7) is 0. The Morgan fingerprint density at radius 2 is 1.29 bits per heavy atom. The van der Waals surface area contributed by atoms with E-state index in [0.717, 1.165) is 0 Å². The summed E-state index contributed by atoms with van der Waals surface area (Å²) in [5, 5.41) is 0. The van der Waals surface area contributed by atoms with Crippen LogP contribution in [0.4, 0.5) is 0 Å². The Balaban J connectivity index is 0.000000221. The van der Waals surface area contributed by atoms with Crippen molar-refractivity contribution >= 4 is 0 Å². The van der Waals surface area contributed by atoms with Gasteiger partial charge in [-0.15, -0.1) is 0 Å². The Kier molecular flexibility index (Phi) is 12.2. The summed E-state index contributed by atoms with van der Waals surface area (Å²) in [4.78, 5) is 0. The third kappa shape index (κ3) is 11.2. The van der Waals surface area contributed by atoms with E-state index in [9.17, 15) is 0 Å². The van der Waals surface area contributed by atoms with Gasteiger partial charge >= 0.3 is 17.1 Å². The van der Waals surface area contributed by atoms with Crippen molar-refractivity contribution in [2.75, 3.05) is 0 Å². The first kappa shape index (κ1) is 16.0. The molecule has 2 aromatic carbocycles. The second-order valence-electron chi connectivity index (χ2n) is 3.58. The van der Waals surface area contributed by atoms with E-state index in [1.54, 1.807) is 0 Å². The molecular weight excluding hydrogens is 248 g/mol. The molecule has 1 aliphatic rings.